The summed E-state index contributed by atoms with van der Waals surface area (Å²) in [5.41, 5.74) is 1.85. The highest BCUT2D eigenvalue weighted by Gasteiger charge is 2.42. The van der Waals surface area contributed by atoms with Crippen LogP contribution in [0.4, 0.5) is 0 Å². The van der Waals surface area contributed by atoms with Gasteiger partial charge in [-0.1, -0.05) is 48.5 Å². The van der Waals surface area contributed by atoms with Crippen LogP contribution < -0.4 is 0 Å². The molecule has 1 N–H and O–H groups in total. The number of hydrogen-bond donors (Lipinski definition) is 1. The second-order valence-electron chi connectivity index (χ2n) is 8.69. The topological polar surface area (TPSA) is 96.4 Å². The van der Waals surface area contributed by atoms with Crippen molar-refractivity contribution in [3.8, 4) is 0 Å². The van der Waals surface area contributed by atoms with E-state index in [4.69, 9.17) is 9.47 Å². The SMILES string of the molecule is COC(=O)c1ccc([C@H]2C(C(=O)/C=C/c3ccccc3)=C(O)C(=O)N2CCCN2CCOCC2)cc1. The van der Waals surface area contributed by atoms with Crippen LogP contribution in [-0.4, -0.2) is 79.1 Å². The van der Waals surface area contributed by atoms with E-state index in [0.29, 0.717) is 37.3 Å². The molecule has 0 aromatic heterocycles. The largest absolute Gasteiger partial charge is 0.503 e. The molecular formula is C28H30N2O6. The van der Waals surface area contributed by atoms with Gasteiger partial charge in [0.25, 0.3) is 5.91 Å². The van der Waals surface area contributed by atoms with Crippen molar-refractivity contribution < 1.29 is 29.0 Å². The Kier molecular flexibility index (Phi) is 8.30. The molecule has 1 amide bonds. The predicted octanol–water partition coefficient (Wildman–Crippen LogP) is 3.17. The highest BCUT2D eigenvalue weighted by Crippen LogP contribution is 2.38. The fraction of sp³-hybridized carbons (Fsp3) is 0.321. The van der Waals surface area contributed by atoms with Gasteiger partial charge >= 0.3 is 5.97 Å². The highest BCUT2D eigenvalue weighted by molar-refractivity contribution is 6.14. The predicted molar refractivity (Wildman–Crippen MR) is 134 cm³/mol. The maximum Gasteiger partial charge on any atom is 0.337 e. The van der Waals surface area contributed by atoms with Crippen molar-refractivity contribution in [1.82, 2.24) is 9.80 Å². The van der Waals surface area contributed by atoms with Crippen molar-refractivity contribution in [3.63, 3.8) is 0 Å². The lowest BCUT2D eigenvalue weighted by Gasteiger charge is -2.30. The molecule has 0 radical (unpaired) electrons. The Hall–Kier alpha value is -3.75. The van der Waals surface area contributed by atoms with E-state index in [0.717, 1.165) is 25.2 Å². The number of ether oxygens (including phenoxy) is 2. The van der Waals surface area contributed by atoms with Gasteiger partial charge in [0.2, 0.25) is 0 Å². The lowest BCUT2D eigenvalue weighted by Crippen LogP contribution is -2.39. The normalized spacial score (nSPS) is 18.8. The fourth-order valence-corrected chi connectivity index (χ4v) is 4.52. The Morgan fingerprint density at radius 2 is 1.75 bits per heavy atom. The molecule has 0 aliphatic carbocycles. The quantitative estimate of drug-likeness (QED) is 0.426. The van der Waals surface area contributed by atoms with E-state index in [2.05, 4.69) is 4.90 Å². The first-order valence-corrected chi connectivity index (χ1v) is 12.0. The molecule has 2 aromatic rings. The molecular weight excluding hydrogens is 460 g/mol. The molecule has 36 heavy (non-hydrogen) atoms. The number of aliphatic hydroxyl groups excluding tert-OH is 1. The molecule has 0 unspecified atom stereocenters. The Morgan fingerprint density at radius 3 is 2.42 bits per heavy atom. The molecule has 0 saturated carbocycles. The van der Waals surface area contributed by atoms with Crippen LogP contribution >= 0.6 is 0 Å². The molecule has 4 rings (SSSR count). The van der Waals surface area contributed by atoms with Crippen LogP contribution in [0.15, 0.2) is 72.0 Å². The van der Waals surface area contributed by atoms with E-state index in [1.165, 1.54) is 18.1 Å². The molecule has 1 saturated heterocycles. The standard InChI is InChI=1S/C28H30N2O6/c1-35-28(34)22-11-9-21(10-12-22)25-24(23(31)13-8-20-6-3-2-4-7-20)26(32)27(33)30(25)15-5-14-29-16-18-36-19-17-29/h2-4,6-13,25,32H,5,14-19H2,1H3/b13-8+/t25-/m0/s1. The molecule has 0 bridgehead atoms. The molecule has 2 aromatic carbocycles. The van der Waals surface area contributed by atoms with Crippen molar-refractivity contribution in [2.45, 2.75) is 12.5 Å². The smallest absolute Gasteiger partial charge is 0.337 e. The summed E-state index contributed by atoms with van der Waals surface area (Å²) in [6, 6.07) is 15.1. The molecule has 8 heteroatoms. The zero-order valence-corrected chi connectivity index (χ0v) is 20.3. The number of esters is 1. The lowest BCUT2D eigenvalue weighted by molar-refractivity contribution is -0.129. The van der Waals surface area contributed by atoms with E-state index in [1.807, 2.05) is 30.3 Å². The van der Waals surface area contributed by atoms with Crippen LogP contribution in [-0.2, 0) is 19.1 Å². The van der Waals surface area contributed by atoms with Gasteiger partial charge in [0.05, 0.1) is 37.5 Å². The Balaban J connectivity index is 1.59. The maximum atomic E-state index is 13.3. The first kappa shape index (κ1) is 25.3. The first-order chi connectivity index (χ1) is 17.5. The number of amides is 1. The van der Waals surface area contributed by atoms with Gasteiger partial charge in [-0.2, -0.15) is 0 Å². The molecule has 2 aliphatic heterocycles. The average molecular weight is 491 g/mol. The van der Waals surface area contributed by atoms with Crippen LogP contribution in [0.3, 0.4) is 0 Å². The van der Waals surface area contributed by atoms with Crippen molar-refractivity contribution in [3.05, 3.63) is 88.7 Å². The van der Waals surface area contributed by atoms with Gasteiger partial charge in [0, 0.05) is 26.2 Å². The minimum atomic E-state index is -0.762. The van der Waals surface area contributed by atoms with E-state index < -0.39 is 29.5 Å². The number of rotatable bonds is 9. The van der Waals surface area contributed by atoms with E-state index in [9.17, 15) is 19.5 Å². The Morgan fingerprint density at radius 1 is 1.06 bits per heavy atom. The molecule has 1 fully saturated rings. The van der Waals surface area contributed by atoms with Crippen LogP contribution in [0, 0.1) is 0 Å². The summed E-state index contributed by atoms with van der Waals surface area (Å²) < 4.78 is 10.2. The van der Waals surface area contributed by atoms with Gasteiger partial charge in [-0.25, -0.2) is 4.79 Å². The number of hydrogen-bond acceptors (Lipinski definition) is 7. The lowest BCUT2D eigenvalue weighted by atomic mass is 9.94. The van der Waals surface area contributed by atoms with Gasteiger partial charge in [0.1, 0.15) is 0 Å². The summed E-state index contributed by atoms with van der Waals surface area (Å²) in [6.45, 7) is 4.19. The van der Waals surface area contributed by atoms with E-state index >= 15 is 0 Å². The molecule has 188 valence electrons. The molecule has 2 aliphatic rings. The van der Waals surface area contributed by atoms with Crippen LogP contribution in [0.5, 0.6) is 0 Å². The van der Waals surface area contributed by atoms with Gasteiger partial charge in [-0.3, -0.25) is 14.5 Å². The zero-order valence-electron chi connectivity index (χ0n) is 20.3. The second kappa shape index (κ2) is 11.8. The number of ketones is 1. The van der Waals surface area contributed by atoms with Crippen molar-refractivity contribution >= 4 is 23.7 Å². The molecule has 2 heterocycles. The van der Waals surface area contributed by atoms with Crippen molar-refractivity contribution in [1.29, 1.82) is 0 Å². The summed E-state index contributed by atoms with van der Waals surface area (Å²) in [5, 5.41) is 10.8. The number of allylic oxidation sites excluding steroid dienone is 1. The number of aliphatic hydroxyl groups is 1. The van der Waals surface area contributed by atoms with Gasteiger partial charge in [-0.15, -0.1) is 0 Å². The third-order valence-electron chi connectivity index (χ3n) is 6.42. The number of carbonyl (C=O) groups excluding carboxylic acids is 3. The fourth-order valence-electron chi connectivity index (χ4n) is 4.52. The maximum absolute atomic E-state index is 13.3. The number of morpholine rings is 1. The van der Waals surface area contributed by atoms with Crippen LogP contribution in [0.25, 0.3) is 6.08 Å². The summed E-state index contributed by atoms with van der Waals surface area (Å²) in [6.07, 6.45) is 3.71. The summed E-state index contributed by atoms with van der Waals surface area (Å²) in [4.78, 5) is 42.1. The summed E-state index contributed by atoms with van der Waals surface area (Å²) in [5.74, 6) is -2.03. The molecule has 1 atom stereocenters. The third kappa shape index (κ3) is 5.72. The van der Waals surface area contributed by atoms with Gasteiger partial charge < -0.3 is 19.5 Å². The molecule has 8 nitrogen and oxygen atoms in total. The van der Waals surface area contributed by atoms with E-state index in [-0.39, 0.29) is 5.57 Å². The van der Waals surface area contributed by atoms with Gasteiger partial charge in [-0.05, 0) is 35.8 Å². The molecule has 0 spiro atoms. The van der Waals surface area contributed by atoms with Crippen LogP contribution in [0.1, 0.15) is 33.9 Å². The summed E-state index contributed by atoms with van der Waals surface area (Å²) in [7, 11) is 1.30. The third-order valence-corrected chi connectivity index (χ3v) is 6.42. The average Bonchev–Trinajstić information content (AvgIpc) is 3.17. The Bertz CT molecular complexity index is 1150. The minimum absolute atomic E-state index is 0.0318. The van der Waals surface area contributed by atoms with Crippen molar-refractivity contribution in [2.75, 3.05) is 46.5 Å². The van der Waals surface area contributed by atoms with Crippen molar-refractivity contribution in [2.24, 2.45) is 0 Å². The number of carbonyl (C=O) groups is 3. The first-order valence-electron chi connectivity index (χ1n) is 12.0. The monoisotopic (exact) mass is 490 g/mol. The number of methoxy groups -OCH3 is 1. The summed E-state index contributed by atoms with van der Waals surface area (Å²) >= 11 is 0. The number of nitrogens with zero attached hydrogens (tertiary/aromatic N) is 2. The van der Waals surface area contributed by atoms with Crippen LogP contribution in [0.2, 0.25) is 0 Å². The Labute approximate surface area is 210 Å². The van der Waals surface area contributed by atoms with E-state index in [1.54, 1.807) is 30.3 Å². The second-order valence-corrected chi connectivity index (χ2v) is 8.69. The highest BCUT2D eigenvalue weighted by atomic mass is 16.5. The van der Waals surface area contributed by atoms with Gasteiger partial charge in [0.15, 0.2) is 11.5 Å². The minimum Gasteiger partial charge on any atom is -0.503 e. The zero-order chi connectivity index (χ0) is 25.5. The number of benzene rings is 2.